The number of hydrogen-bond acceptors (Lipinski definition) is 4. The number of aliphatic hydroxyl groups excluding tert-OH is 1. The second kappa shape index (κ2) is 6.73. The van der Waals surface area contributed by atoms with Crippen molar-refractivity contribution in [3.05, 3.63) is 46.0 Å². The smallest absolute Gasteiger partial charge is 0.223 e. The molecule has 0 aliphatic carbocycles. The van der Waals surface area contributed by atoms with Gasteiger partial charge in [-0.2, -0.15) is 0 Å². The molecular weight excluding hydrogens is 298 g/mol. The Hall–Kier alpha value is -1.86. The number of amides is 1. The van der Waals surface area contributed by atoms with Crippen LogP contribution in [0.4, 0.5) is 13.9 Å². The van der Waals surface area contributed by atoms with Gasteiger partial charge >= 0.3 is 0 Å². The van der Waals surface area contributed by atoms with Crippen molar-refractivity contribution in [1.82, 2.24) is 4.98 Å². The summed E-state index contributed by atoms with van der Waals surface area (Å²) in [5.41, 5.74) is 0.881. The van der Waals surface area contributed by atoms with Crippen LogP contribution in [0, 0.1) is 11.6 Å². The van der Waals surface area contributed by atoms with E-state index in [1.165, 1.54) is 30.4 Å². The molecule has 1 aromatic carbocycles. The van der Waals surface area contributed by atoms with Crippen molar-refractivity contribution < 1.29 is 18.7 Å². The zero-order valence-electron chi connectivity index (χ0n) is 11.3. The van der Waals surface area contributed by atoms with Gasteiger partial charge in [0.05, 0.1) is 12.3 Å². The quantitative estimate of drug-likeness (QED) is 0.892. The Morgan fingerprint density at radius 3 is 2.62 bits per heavy atom. The molecule has 0 spiro atoms. The number of aryl methyl sites for hydroxylation is 2. The number of halogens is 2. The number of anilines is 1. The molecule has 2 aromatic rings. The summed E-state index contributed by atoms with van der Waals surface area (Å²) >= 11 is 1.28. The maximum absolute atomic E-state index is 13.8. The minimum atomic E-state index is -1.01. The lowest BCUT2D eigenvalue weighted by atomic mass is 10.1. The molecule has 21 heavy (non-hydrogen) atoms. The zero-order valence-corrected chi connectivity index (χ0v) is 12.1. The molecule has 4 nitrogen and oxygen atoms in total. The summed E-state index contributed by atoms with van der Waals surface area (Å²) in [6.07, 6.45) is 0.725. The van der Waals surface area contributed by atoms with Gasteiger partial charge in [-0.3, -0.25) is 4.79 Å². The average Bonchev–Trinajstić information content (AvgIpc) is 2.87. The highest BCUT2D eigenvalue weighted by Gasteiger charge is 2.13. The number of hydrogen-bond donors (Lipinski definition) is 2. The van der Waals surface area contributed by atoms with Crippen LogP contribution in [0.1, 0.15) is 23.7 Å². The van der Waals surface area contributed by atoms with Gasteiger partial charge in [0.1, 0.15) is 0 Å². The van der Waals surface area contributed by atoms with Gasteiger partial charge < -0.3 is 10.4 Å². The molecule has 0 bridgehead atoms. The summed E-state index contributed by atoms with van der Waals surface area (Å²) in [5.74, 6) is -2.14. The Bertz CT molecular complexity index is 658. The van der Waals surface area contributed by atoms with E-state index in [1.807, 2.05) is 0 Å². The first-order valence-electron chi connectivity index (χ1n) is 6.30. The molecule has 0 atom stereocenters. The Morgan fingerprint density at radius 1 is 1.29 bits per heavy atom. The van der Waals surface area contributed by atoms with Gasteiger partial charge in [-0.1, -0.05) is 12.1 Å². The number of thiazole rings is 1. The molecule has 0 fully saturated rings. The molecule has 2 rings (SSSR count). The molecule has 2 N–H and O–H groups in total. The van der Waals surface area contributed by atoms with Gasteiger partial charge in [0.2, 0.25) is 5.91 Å². The third-order valence-corrected chi connectivity index (χ3v) is 3.70. The monoisotopic (exact) mass is 312 g/mol. The minimum Gasteiger partial charge on any atom is -0.392 e. The Labute approximate surface area is 124 Å². The van der Waals surface area contributed by atoms with Gasteiger partial charge in [0.25, 0.3) is 0 Å². The minimum absolute atomic E-state index is 0.0575. The van der Waals surface area contributed by atoms with E-state index in [0.29, 0.717) is 17.2 Å². The maximum Gasteiger partial charge on any atom is 0.223 e. The van der Waals surface area contributed by atoms with Crippen molar-refractivity contribution in [3.63, 3.8) is 0 Å². The van der Waals surface area contributed by atoms with Gasteiger partial charge in [0.15, 0.2) is 16.8 Å². The van der Waals surface area contributed by atoms with Crippen LogP contribution >= 0.6 is 11.3 Å². The summed E-state index contributed by atoms with van der Waals surface area (Å²) in [6.45, 7) is 0.858. The molecule has 0 saturated heterocycles. The van der Waals surface area contributed by atoms with Crippen LogP contribution < -0.4 is 5.32 Å². The molecular formula is C14H14F2N2O2S. The van der Waals surface area contributed by atoms with Crippen LogP contribution in [-0.2, 0) is 24.2 Å². The summed E-state index contributed by atoms with van der Waals surface area (Å²) in [4.78, 5) is 15.1. The van der Waals surface area contributed by atoms with Gasteiger partial charge in [-0.05, 0) is 18.4 Å². The van der Waals surface area contributed by atoms with Crippen LogP contribution in [0.3, 0.4) is 0 Å². The Balaban J connectivity index is 2.04. The predicted octanol–water partition coefficient (Wildman–Crippen LogP) is 2.66. The molecule has 0 radical (unpaired) electrons. The maximum atomic E-state index is 13.8. The fourth-order valence-electron chi connectivity index (χ4n) is 1.84. The summed E-state index contributed by atoms with van der Waals surface area (Å²) in [7, 11) is 0. The fraction of sp³-hybridized carbons (Fsp3) is 0.286. The van der Waals surface area contributed by atoms with Crippen molar-refractivity contribution in [2.75, 3.05) is 5.32 Å². The number of carbonyl (C=O) groups excluding carboxylic acids is 1. The number of benzene rings is 1. The van der Waals surface area contributed by atoms with E-state index in [9.17, 15) is 13.6 Å². The molecule has 0 aliphatic rings. The lowest BCUT2D eigenvalue weighted by Gasteiger charge is -2.06. The number of aromatic nitrogens is 1. The largest absolute Gasteiger partial charge is 0.392 e. The highest BCUT2D eigenvalue weighted by atomic mass is 32.1. The summed E-state index contributed by atoms with van der Waals surface area (Å²) < 4.78 is 27.3. The lowest BCUT2D eigenvalue weighted by molar-refractivity contribution is -0.114. The fourth-order valence-corrected chi connectivity index (χ4v) is 2.63. The second-order valence-corrected chi connectivity index (χ2v) is 5.35. The second-order valence-electron chi connectivity index (χ2n) is 4.50. The van der Waals surface area contributed by atoms with Gasteiger partial charge in [-0.15, -0.1) is 11.3 Å². The number of aliphatic hydroxyl groups is 1. The topological polar surface area (TPSA) is 62.2 Å². The van der Waals surface area contributed by atoms with Crippen molar-refractivity contribution in [3.8, 4) is 0 Å². The Morgan fingerprint density at radius 2 is 1.95 bits per heavy atom. The normalized spacial score (nSPS) is 10.7. The molecule has 1 heterocycles. The average molecular weight is 312 g/mol. The van der Waals surface area contributed by atoms with Crippen molar-refractivity contribution in [2.24, 2.45) is 0 Å². The van der Waals surface area contributed by atoms with Crippen LogP contribution in [-0.4, -0.2) is 16.0 Å². The predicted molar refractivity (Wildman–Crippen MR) is 76.1 cm³/mol. The third-order valence-electron chi connectivity index (χ3n) is 2.90. The van der Waals surface area contributed by atoms with Crippen LogP contribution in [0.25, 0.3) is 0 Å². The molecule has 0 saturated carbocycles. The van der Waals surface area contributed by atoms with Crippen molar-refractivity contribution >= 4 is 22.4 Å². The lowest BCUT2D eigenvalue weighted by Crippen LogP contribution is -2.05. The van der Waals surface area contributed by atoms with Crippen LogP contribution in [0.2, 0.25) is 0 Å². The van der Waals surface area contributed by atoms with Crippen molar-refractivity contribution in [2.45, 2.75) is 26.4 Å². The highest BCUT2D eigenvalue weighted by molar-refractivity contribution is 7.13. The number of nitrogens with zero attached hydrogens (tertiary/aromatic N) is 1. The summed E-state index contributed by atoms with van der Waals surface area (Å²) in [5, 5.41) is 13.7. The van der Waals surface area contributed by atoms with E-state index in [2.05, 4.69) is 10.3 Å². The van der Waals surface area contributed by atoms with Gasteiger partial charge in [0, 0.05) is 17.9 Å². The van der Waals surface area contributed by atoms with Crippen LogP contribution in [0.15, 0.2) is 17.5 Å². The Kier molecular flexibility index (Phi) is 4.98. The molecule has 0 aliphatic heterocycles. The van der Waals surface area contributed by atoms with E-state index in [-0.39, 0.29) is 23.5 Å². The SMILES string of the molecule is CC(=O)Nc1nc(CCc2ccc(CO)c(F)c2F)cs1. The van der Waals surface area contributed by atoms with E-state index >= 15 is 0 Å². The standard InChI is InChI=1S/C14H14F2N2O2S/c1-8(20)17-14-18-11(7-21-14)5-4-9-2-3-10(6-19)13(16)12(9)15/h2-3,7,19H,4-6H2,1H3,(H,17,18,20). The van der Waals surface area contributed by atoms with E-state index in [0.717, 1.165) is 0 Å². The van der Waals surface area contributed by atoms with E-state index < -0.39 is 18.2 Å². The number of rotatable bonds is 5. The zero-order chi connectivity index (χ0) is 15.4. The molecule has 0 unspecified atom stereocenters. The first-order chi connectivity index (χ1) is 10.0. The van der Waals surface area contributed by atoms with Gasteiger partial charge in [-0.25, -0.2) is 13.8 Å². The first-order valence-corrected chi connectivity index (χ1v) is 7.18. The molecule has 1 aromatic heterocycles. The highest BCUT2D eigenvalue weighted by Crippen LogP contribution is 2.20. The van der Waals surface area contributed by atoms with Crippen LogP contribution in [0.5, 0.6) is 0 Å². The van der Waals surface area contributed by atoms with E-state index in [1.54, 1.807) is 5.38 Å². The first kappa shape index (κ1) is 15.5. The summed E-state index contributed by atoms with van der Waals surface area (Å²) in [6, 6.07) is 2.84. The van der Waals surface area contributed by atoms with E-state index in [4.69, 9.17) is 5.11 Å². The molecule has 1 amide bonds. The molecule has 7 heteroatoms. The third kappa shape index (κ3) is 3.83. The number of carbonyl (C=O) groups is 1. The number of nitrogens with one attached hydrogen (secondary N) is 1. The molecule has 112 valence electrons. The van der Waals surface area contributed by atoms with Crippen molar-refractivity contribution in [1.29, 1.82) is 0 Å².